The quantitative estimate of drug-likeness (QED) is 0.485. The molecule has 2 aliphatic heterocycles. The Morgan fingerprint density at radius 3 is 1.56 bits per heavy atom. The van der Waals surface area contributed by atoms with Gasteiger partial charge in [0.2, 0.25) is 11.8 Å². The van der Waals surface area contributed by atoms with Crippen LogP contribution in [-0.4, -0.2) is 49.1 Å². The number of hydrogen-bond donors (Lipinski definition) is 2. The van der Waals surface area contributed by atoms with E-state index in [1.54, 1.807) is 58.3 Å². The molecule has 0 radical (unpaired) electrons. The van der Waals surface area contributed by atoms with E-state index in [2.05, 4.69) is 21.1 Å². The molecule has 2 aliphatic rings. The van der Waals surface area contributed by atoms with Crippen LogP contribution in [0.2, 0.25) is 0 Å². The van der Waals surface area contributed by atoms with Crippen molar-refractivity contribution in [2.45, 2.75) is 25.7 Å². The van der Waals surface area contributed by atoms with Gasteiger partial charge in [-0.3, -0.25) is 19.2 Å². The maximum atomic E-state index is 12.3. The first-order valence-corrected chi connectivity index (χ1v) is 11.0. The average molecular weight is 460 g/mol. The molecule has 0 spiro atoms. The van der Waals surface area contributed by atoms with Gasteiger partial charge in [0.1, 0.15) is 0 Å². The maximum absolute atomic E-state index is 12.3. The highest BCUT2D eigenvalue weighted by atomic mass is 16.2. The summed E-state index contributed by atoms with van der Waals surface area (Å²) in [6.07, 6.45) is 5.09. The molecule has 0 aliphatic carbocycles. The van der Waals surface area contributed by atoms with Crippen molar-refractivity contribution in [2.75, 3.05) is 22.9 Å². The molecule has 0 aromatic heterocycles. The van der Waals surface area contributed by atoms with Crippen molar-refractivity contribution in [1.82, 2.24) is 10.9 Å². The van der Waals surface area contributed by atoms with Crippen LogP contribution in [0.15, 0.2) is 58.7 Å². The van der Waals surface area contributed by atoms with E-state index in [1.807, 2.05) is 0 Å². The standard InChI is InChI=1S/C24H24N6O4/c31-21-9-3-13-29(21)19-7-1-5-17(15-19)23(33)27-25-11-12-26-28-24(34)18-6-2-8-20(16-18)30-14-4-10-22(30)32/h1-2,5-8,11-12,15-16H,3-4,9-10,13-14H2,(H,27,33)(H,28,34)/b25-11-,26-12-. The van der Waals surface area contributed by atoms with Gasteiger partial charge in [0.25, 0.3) is 11.8 Å². The molecule has 4 rings (SSSR count). The van der Waals surface area contributed by atoms with Gasteiger partial charge in [-0.05, 0) is 49.2 Å². The summed E-state index contributed by atoms with van der Waals surface area (Å²) in [4.78, 5) is 51.7. The third-order valence-electron chi connectivity index (χ3n) is 5.53. The minimum absolute atomic E-state index is 0.0464. The van der Waals surface area contributed by atoms with Gasteiger partial charge in [0, 0.05) is 48.4 Å². The normalized spacial score (nSPS) is 16.1. The lowest BCUT2D eigenvalue weighted by Gasteiger charge is -2.16. The fourth-order valence-electron chi connectivity index (χ4n) is 3.86. The number of anilines is 2. The molecule has 174 valence electrons. The van der Waals surface area contributed by atoms with Crippen LogP contribution in [0, 0.1) is 0 Å². The number of hydrazone groups is 2. The molecular weight excluding hydrogens is 436 g/mol. The highest BCUT2D eigenvalue weighted by Crippen LogP contribution is 2.23. The van der Waals surface area contributed by atoms with Crippen molar-refractivity contribution in [3.63, 3.8) is 0 Å². The van der Waals surface area contributed by atoms with E-state index in [0.717, 1.165) is 12.8 Å². The summed E-state index contributed by atoms with van der Waals surface area (Å²) < 4.78 is 0. The van der Waals surface area contributed by atoms with Crippen LogP contribution in [0.1, 0.15) is 46.4 Å². The third-order valence-corrected chi connectivity index (χ3v) is 5.53. The van der Waals surface area contributed by atoms with Crippen molar-refractivity contribution in [3.05, 3.63) is 59.7 Å². The molecule has 10 nitrogen and oxygen atoms in total. The molecule has 0 bridgehead atoms. The number of benzene rings is 2. The van der Waals surface area contributed by atoms with E-state index in [9.17, 15) is 19.2 Å². The largest absolute Gasteiger partial charge is 0.312 e. The molecule has 34 heavy (non-hydrogen) atoms. The number of amides is 4. The van der Waals surface area contributed by atoms with E-state index in [0.29, 0.717) is 48.4 Å². The summed E-state index contributed by atoms with van der Waals surface area (Å²) >= 11 is 0. The second-order valence-electron chi connectivity index (χ2n) is 7.84. The van der Waals surface area contributed by atoms with Gasteiger partial charge in [-0.15, -0.1) is 0 Å². The number of carbonyl (C=O) groups excluding carboxylic acids is 4. The molecule has 0 atom stereocenters. The van der Waals surface area contributed by atoms with E-state index in [1.165, 1.54) is 12.4 Å². The van der Waals surface area contributed by atoms with E-state index in [-0.39, 0.29) is 11.8 Å². The first-order chi connectivity index (χ1) is 16.5. The predicted octanol–water partition coefficient (Wildman–Crippen LogP) is 2.07. The zero-order valence-electron chi connectivity index (χ0n) is 18.4. The number of hydrogen-bond acceptors (Lipinski definition) is 6. The summed E-state index contributed by atoms with van der Waals surface area (Å²) in [6.45, 7) is 1.29. The van der Waals surface area contributed by atoms with Crippen molar-refractivity contribution in [3.8, 4) is 0 Å². The summed E-state index contributed by atoms with van der Waals surface area (Å²) in [5.41, 5.74) is 6.86. The fraction of sp³-hybridized carbons (Fsp3) is 0.250. The Balaban J connectivity index is 1.27. The highest BCUT2D eigenvalue weighted by Gasteiger charge is 2.23. The van der Waals surface area contributed by atoms with Gasteiger partial charge in [0.15, 0.2) is 0 Å². The topological polar surface area (TPSA) is 124 Å². The van der Waals surface area contributed by atoms with Crippen molar-refractivity contribution in [2.24, 2.45) is 10.2 Å². The minimum atomic E-state index is -0.435. The van der Waals surface area contributed by atoms with Crippen LogP contribution in [0.5, 0.6) is 0 Å². The van der Waals surface area contributed by atoms with Crippen LogP contribution in [0.25, 0.3) is 0 Å². The second-order valence-corrected chi connectivity index (χ2v) is 7.84. The number of nitrogens with zero attached hydrogens (tertiary/aromatic N) is 4. The van der Waals surface area contributed by atoms with Gasteiger partial charge < -0.3 is 9.80 Å². The number of nitrogens with one attached hydrogen (secondary N) is 2. The van der Waals surface area contributed by atoms with Gasteiger partial charge in [-0.25, -0.2) is 10.9 Å². The summed E-state index contributed by atoms with van der Waals surface area (Å²) in [5, 5.41) is 7.57. The average Bonchev–Trinajstić information content (AvgIpc) is 3.49. The van der Waals surface area contributed by atoms with Crippen molar-refractivity contribution >= 4 is 47.4 Å². The van der Waals surface area contributed by atoms with Gasteiger partial charge >= 0.3 is 0 Å². The molecule has 4 amide bonds. The third kappa shape index (κ3) is 5.34. The smallest absolute Gasteiger partial charge is 0.271 e. The van der Waals surface area contributed by atoms with Crippen LogP contribution < -0.4 is 20.7 Å². The monoisotopic (exact) mass is 460 g/mol. The summed E-state index contributed by atoms with van der Waals surface area (Å²) in [7, 11) is 0. The molecule has 0 saturated carbocycles. The van der Waals surface area contributed by atoms with Crippen LogP contribution >= 0.6 is 0 Å². The lowest BCUT2D eigenvalue weighted by molar-refractivity contribution is -0.117. The maximum Gasteiger partial charge on any atom is 0.271 e. The van der Waals surface area contributed by atoms with E-state index >= 15 is 0 Å². The van der Waals surface area contributed by atoms with Crippen LogP contribution in [-0.2, 0) is 9.59 Å². The second kappa shape index (κ2) is 10.5. The number of carbonyl (C=O) groups is 4. The molecule has 2 saturated heterocycles. The molecule has 2 heterocycles. The van der Waals surface area contributed by atoms with Gasteiger partial charge in [0.05, 0.1) is 12.4 Å². The Hall–Kier alpha value is -4.34. The lowest BCUT2D eigenvalue weighted by Crippen LogP contribution is -2.24. The van der Waals surface area contributed by atoms with E-state index < -0.39 is 11.8 Å². The Labute approximate surface area is 196 Å². The molecule has 0 unspecified atom stereocenters. The van der Waals surface area contributed by atoms with E-state index in [4.69, 9.17) is 0 Å². The Kier molecular flexibility index (Phi) is 7.07. The molecule has 2 N–H and O–H groups in total. The molecule has 2 fully saturated rings. The van der Waals surface area contributed by atoms with Crippen LogP contribution in [0.4, 0.5) is 11.4 Å². The zero-order chi connectivity index (χ0) is 23.9. The van der Waals surface area contributed by atoms with Gasteiger partial charge in [-0.1, -0.05) is 12.1 Å². The SMILES string of the molecule is O=C(N/N=C\C=N/NC(=O)c1cccc(N2CCCC2=O)c1)c1cccc(N2CCCC2=O)c1. The summed E-state index contributed by atoms with van der Waals surface area (Å²) in [5.74, 6) is -0.777. The van der Waals surface area contributed by atoms with Crippen LogP contribution in [0.3, 0.4) is 0 Å². The lowest BCUT2D eigenvalue weighted by atomic mass is 10.2. The molecule has 2 aromatic carbocycles. The van der Waals surface area contributed by atoms with Crippen molar-refractivity contribution in [1.29, 1.82) is 0 Å². The highest BCUT2D eigenvalue weighted by molar-refractivity contribution is 6.16. The first-order valence-electron chi connectivity index (χ1n) is 11.0. The molecule has 2 aromatic rings. The first kappa shape index (κ1) is 22.8. The fourth-order valence-corrected chi connectivity index (χ4v) is 3.86. The van der Waals surface area contributed by atoms with Gasteiger partial charge in [-0.2, -0.15) is 10.2 Å². The zero-order valence-corrected chi connectivity index (χ0v) is 18.4. The predicted molar refractivity (Wildman–Crippen MR) is 128 cm³/mol. The number of rotatable bonds is 7. The Morgan fingerprint density at radius 2 is 1.18 bits per heavy atom. The minimum Gasteiger partial charge on any atom is -0.312 e. The molecular formula is C24H24N6O4. The Bertz CT molecular complexity index is 1080. The molecule has 10 heteroatoms. The van der Waals surface area contributed by atoms with Crippen molar-refractivity contribution < 1.29 is 19.2 Å². The Morgan fingerprint density at radius 1 is 0.735 bits per heavy atom. The summed E-state index contributed by atoms with van der Waals surface area (Å²) in [6, 6.07) is 13.6.